The van der Waals surface area contributed by atoms with Crippen LogP contribution < -0.4 is 5.11 Å². The Morgan fingerprint density at radius 3 is 0.825 bits per heavy atom. The maximum atomic E-state index is 13.0. The molecule has 0 aromatic carbocycles. The molecule has 0 aliphatic heterocycles. The summed E-state index contributed by atoms with van der Waals surface area (Å²) in [5.74, 6) is -2.33. The first kappa shape index (κ1) is 90.9. The molecule has 9 heteroatoms. The van der Waals surface area contributed by atoms with Gasteiger partial charge in [-0.25, -0.2) is 0 Å². The van der Waals surface area contributed by atoms with E-state index < -0.39 is 24.3 Å². The Kier molecular flexibility index (Phi) is 70.9. The van der Waals surface area contributed by atoms with Crippen molar-refractivity contribution in [1.82, 2.24) is 0 Å². The number of esters is 2. The number of likely N-dealkylation sites (N-methyl/N-ethyl adjacent to an activating group) is 1. The van der Waals surface area contributed by atoms with Crippen LogP contribution in [0.4, 0.5) is 0 Å². The van der Waals surface area contributed by atoms with E-state index in [1.54, 1.807) is 0 Å². The Hall–Kier alpha value is -6.13. The number of carboxylic acid groups (broad SMARTS) is 1. The Morgan fingerprint density at radius 1 is 0.309 bits per heavy atom. The van der Waals surface area contributed by atoms with Crippen molar-refractivity contribution in [3.05, 3.63) is 207 Å². The van der Waals surface area contributed by atoms with Gasteiger partial charge in [0.2, 0.25) is 0 Å². The van der Waals surface area contributed by atoms with Crippen LogP contribution in [-0.4, -0.2) is 82.3 Å². The molecule has 0 aromatic rings. The largest absolute Gasteiger partial charge is 0.545 e. The SMILES string of the molecule is CC/C=C\C/C=C\C/C=C\C/C=C\C/C=C\C/C=C\C/C=C\C/C=C\C/C=C\C/C=C\C/C=C\C/C=C\CCCCCCC(=O)OC(COC(=O)CCCCCCCCCCCCCCCCC/C=C\C/C=C\C/C=C\C/C=C\C/C=C\CC)COC(OCC[N+](C)(C)C)C(=O)[O-]. The summed E-state index contributed by atoms with van der Waals surface area (Å²) >= 11 is 0. The molecule has 0 amide bonds. The fourth-order valence-corrected chi connectivity index (χ4v) is 9.78. The number of hydrogen-bond donors (Lipinski definition) is 0. The van der Waals surface area contributed by atoms with Crippen LogP contribution in [0.2, 0.25) is 0 Å². The predicted octanol–water partition coefficient (Wildman–Crippen LogP) is 23.4. The van der Waals surface area contributed by atoms with Gasteiger partial charge in [-0.15, -0.1) is 0 Å². The minimum Gasteiger partial charge on any atom is -0.545 e. The molecule has 0 saturated carbocycles. The van der Waals surface area contributed by atoms with E-state index >= 15 is 0 Å². The van der Waals surface area contributed by atoms with Crippen molar-refractivity contribution in [2.75, 3.05) is 47.5 Å². The quantitative estimate of drug-likeness (QED) is 0.0195. The number of carbonyl (C=O) groups is 3. The molecule has 0 bridgehead atoms. The monoisotopic (exact) mass is 1340 g/mol. The topological polar surface area (TPSA) is 111 Å². The molecule has 544 valence electrons. The zero-order valence-corrected chi connectivity index (χ0v) is 62.1. The molecule has 9 nitrogen and oxygen atoms in total. The summed E-state index contributed by atoms with van der Waals surface area (Å²) in [6.07, 6.45) is 115. The van der Waals surface area contributed by atoms with Crippen LogP contribution in [0.25, 0.3) is 0 Å². The van der Waals surface area contributed by atoms with Crippen molar-refractivity contribution in [1.29, 1.82) is 0 Å². The number of hydrogen-bond acceptors (Lipinski definition) is 8. The lowest BCUT2D eigenvalue weighted by molar-refractivity contribution is -0.870. The van der Waals surface area contributed by atoms with E-state index in [0.29, 0.717) is 17.4 Å². The number of carbonyl (C=O) groups excluding carboxylic acids is 3. The summed E-state index contributed by atoms with van der Waals surface area (Å²) in [6, 6.07) is 0. The number of unbranched alkanes of at least 4 members (excludes halogenated alkanes) is 19. The molecule has 2 atom stereocenters. The molecule has 0 fully saturated rings. The first-order chi connectivity index (χ1) is 47.6. The van der Waals surface area contributed by atoms with Gasteiger partial charge in [0.15, 0.2) is 12.4 Å². The average molecular weight is 1340 g/mol. The third-order valence-electron chi connectivity index (χ3n) is 15.5. The van der Waals surface area contributed by atoms with E-state index in [4.69, 9.17) is 18.9 Å². The van der Waals surface area contributed by atoms with Gasteiger partial charge in [0.25, 0.3) is 0 Å². The summed E-state index contributed by atoms with van der Waals surface area (Å²) in [5.41, 5.74) is 0. The highest BCUT2D eigenvalue weighted by atomic mass is 16.7. The lowest BCUT2D eigenvalue weighted by Gasteiger charge is -2.26. The molecule has 0 spiro atoms. The molecule has 0 N–H and O–H groups in total. The molecule has 0 saturated heterocycles. The van der Waals surface area contributed by atoms with Crippen LogP contribution in [0.5, 0.6) is 0 Å². The van der Waals surface area contributed by atoms with Crippen molar-refractivity contribution in [3.8, 4) is 0 Å². The number of aliphatic carboxylic acids is 1. The third-order valence-corrected chi connectivity index (χ3v) is 15.5. The van der Waals surface area contributed by atoms with Crippen LogP contribution in [0.15, 0.2) is 207 Å². The van der Waals surface area contributed by atoms with Gasteiger partial charge in [-0.3, -0.25) is 9.59 Å². The maximum absolute atomic E-state index is 13.0. The van der Waals surface area contributed by atoms with Crippen LogP contribution in [0.1, 0.15) is 271 Å². The first-order valence-corrected chi connectivity index (χ1v) is 38.2. The highest BCUT2D eigenvalue weighted by Gasteiger charge is 2.22. The molecule has 0 aliphatic carbocycles. The third kappa shape index (κ3) is 77.1. The van der Waals surface area contributed by atoms with E-state index in [1.165, 1.54) is 83.5 Å². The van der Waals surface area contributed by atoms with Crippen LogP contribution >= 0.6 is 0 Å². The van der Waals surface area contributed by atoms with E-state index in [9.17, 15) is 19.5 Å². The zero-order chi connectivity index (χ0) is 70.4. The van der Waals surface area contributed by atoms with Gasteiger partial charge in [0.1, 0.15) is 13.2 Å². The Balaban J connectivity index is 4.21. The lowest BCUT2D eigenvalue weighted by atomic mass is 10.0. The molecule has 0 heterocycles. The van der Waals surface area contributed by atoms with E-state index in [2.05, 4.69) is 220 Å². The first-order valence-electron chi connectivity index (χ1n) is 38.2. The second-order valence-corrected chi connectivity index (χ2v) is 25.8. The van der Waals surface area contributed by atoms with Crippen molar-refractivity contribution >= 4 is 17.9 Å². The lowest BCUT2D eigenvalue weighted by Crippen LogP contribution is -2.44. The van der Waals surface area contributed by atoms with Crippen molar-refractivity contribution in [2.45, 2.75) is 283 Å². The van der Waals surface area contributed by atoms with Gasteiger partial charge in [-0.2, -0.15) is 0 Å². The van der Waals surface area contributed by atoms with Gasteiger partial charge in [-0.1, -0.05) is 317 Å². The van der Waals surface area contributed by atoms with Crippen LogP contribution in [0.3, 0.4) is 0 Å². The Labute approximate surface area is 594 Å². The van der Waals surface area contributed by atoms with E-state index in [0.717, 1.165) is 154 Å². The van der Waals surface area contributed by atoms with Gasteiger partial charge >= 0.3 is 11.9 Å². The molecule has 97 heavy (non-hydrogen) atoms. The minimum atomic E-state index is -1.64. The highest BCUT2D eigenvalue weighted by Crippen LogP contribution is 2.16. The molecular formula is C88H139NO8. The Bertz CT molecular complexity index is 2350. The summed E-state index contributed by atoms with van der Waals surface area (Å²) in [4.78, 5) is 37.6. The summed E-state index contributed by atoms with van der Waals surface area (Å²) < 4.78 is 22.8. The van der Waals surface area contributed by atoms with Crippen molar-refractivity contribution in [3.63, 3.8) is 0 Å². The molecule has 0 radical (unpaired) electrons. The standard InChI is InChI=1S/C88H139NO8/c1-6-8-10-12-14-16-18-20-22-24-26-28-30-32-34-36-38-39-40-41-42-43-44-45-46-47-49-51-53-55-57-59-61-63-65-67-69-71-73-75-77-79-86(91)97-84(83-96-88(87(92)93)94-81-80-89(3,4)5)82-95-85(90)78-76-74-72-70-68-66-64-62-60-58-56-54-52-50-48-37-35-33-31-29-27-25-23-21-19-17-15-13-11-9-7-2/h8-11,14-17,20-23,26-29,32-35,38-39,41-42,44-45,47,49,53,55,59,61,65,67,84,88H,6-7,12-13,18-19,24-25,30-31,36-37,40,43,46,48,50-52,54,56-58,60,62-64,66,68-83H2,1-5H3/b10-8-,11-9-,16-14-,17-15-,22-20-,23-21-,28-26-,29-27-,34-32-,35-33-,39-38-,42-41-,45-44-,49-47-,55-53-,61-59-,67-65-. The number of nitrogens with zero attached hydrogens (tertiary/aromatic N) is 1. The summed E-state index contributed by atoms with van der Waals surface area (Å²) in [7, 11) is 5.91. The number of carboxylic acids is 1. The number of quaternary nitrogens is 1. The molecule has 0 rings (SSSR count). The second kappa shape index (κ2) is 75.6. The summed E-state index contributed by atoms with van der Waals surface area (Å²) in [6.45, 7) is 4.48. The number of ether oxygens (including phenoxy) is 4. The van der Waals surface area contributed by atoms with Crippen molar-refractivity contribution < 1.29 is 42.9 Å². The average Bonchev–Trinajstić information content (AvgIpc) is 3.27. The normalized spacial score (nSPS) is 13.9. The number of rotatable bonds is 68. The van der Waals surface area contributed by atoms with Gasteiger partial charge < -0.3 is 33.3 Å². The fourth-order valence-electron chi connectivity index (χ4n) is 9.78. The van der Waals surface area contributed by atoms with E-state index in [-0.39, 0.29) is 38.6 Å². The Morgan fingerprint density at radius 2 is 0.557 bits per heavy atom. The summed E-state index contributed by atoms with van der Waals surface area (Å²) in [5, 5.41) is 11.9. The fraction of sp³-hybridized carbons (Fsp3) is 0.580. The van der Waals surface area contributed by atoms with Crippen LogP contribution in [-0.2, 0) is 33.3 Å². The molecular weight excluding hydrogens is 1200 g/mol. The minimum absolute atomic E-state index is 0.132. The van der Waals surface area contributed by atoms with Gasteiger partial charge in [0.05, 0.1) is 40.3 Å². The van der Waals surface area contributed by atoms with Gasteiger partial charge in [-0.05, 0) is 148 Å². The smallest absolute Gasteiger partial charge is 0.306 e. The molecule has 0 aromatic heterocycles. The number of allylic oxidation sites excluding steroid dienone is 34. The molecule has 2 unspecified atom stereocenters. The van der Waals surface area contributed by atoms with Crippen LogP contribution in [0, 0.1) is 0 Å². The van der Waals surface area contributed by atoms with E-state index in [1.807, 2.05) is 21.1 Å². The zero-order valence-electron chi connectivity index (χ0n) is 62.1. The highest BCUT2D eigenvalue weighted by molar-refractivity contribution is 5.70. The maximum Gasteiger partial charge on any atom is 0.306 e. The molecule has 0 aliphatic rings. The van der Waals surface area contributed by atoms with Gasteiger partial charge in [0, 0.05) is 12.8 Å². The predicted molar refractivity (Wildman–Crippen MR) is 416 cm³/mol. The second-order valence-electron chi connectivity index (χ2n) is 25.8. The van der Waals surface area contributed by atoms with Crippen molar-refractivity contribution in [2.24, 2.45) is 0 Å².